The molecule has 3 heteroatoms. The summed E-state index contributed by atoms with van der Waals surface area (Å²) in [6.07, 6.45) is 3.87. The third kappa shape index (κ3) is 4.27. The molecule has 2 aliphatic rings. The van der Waals surface area contributed by atoms with Crippen molar-refractivity contribution in [2.24, 2.45) is 11.8 Å². The lowest BCUT2D eigenvalue weighted by atomic mass is 9.91. The van der Waals surface area contributed by atoms with E-state index in [2.05, 4.69) is 30.1 Å². The molecular formula is C18H27FN2. The second-order valence-corrected chi connectivity index (χ2v) is 7.22. The topological polar surface area (TPSA) is 15.3 Å². The summed E-state index contributed by atoms with van der Waals surface area (Å²) in [6, 6.07) is 6.29. The van der Waals surface area contributed by atoms with E-state index in [0.29, 0.717) is 6.04 Å². The molecule has 1 N–H and O–H groups in total. The highest BCUT2D eigenvalue weighted by Gasteiger charge is 2.23. The molecule has 1 heterocycles. The fraction of sp³-hybridized carbons (Fsp3) is 0.667. The van der Waals surface area contributed by atoms with Crippen LogP contribution in [0.25, 0.3) is 0 Å². The molecule has 0 amide bonds. The van der Waals surface area contributed by atoms with Crippen molar-refractivity contribution in [3.63, 3.8) is 0 Å². The Kier molecular flexibility index (Phi) is 4.60. The summed E-state index contributed by atoms with van der Waals surface area (Å²) in [4.78, 5) is 2.41. The summed E-state index contributed by atoms with van der Waals surface area (Å²) in [5.41, 5.74) is 2.06. The van der Waals surface area contributed by atoms with E-state index in [9.17, 15) is 4.39 Å². The van der Waals surface area contributed by atoms with Gasteiger partial charge in [0.05, 0.1) is 0 Å². The lowest BCUT2D eigenvalue weighted by Crippen LogP contribution is -2.38. The summed E-state index contributed by atoms with van der Waals surface area (Å²) < 4.78 is 14.1. The first-order valence-electron chi connectivity index (χ1n) is 8.33. The largest absolute Gasteiger partial charge is 0.310 e. The Morgan fingerprint density at radius 2 is 1.90 bits per heavy atom. The Morgan fingerprint density at radius 1 is 1.19 bits per heavy atom. The van der Waals surface area contributed by atoms with Gasteiger partial charge in [-0.05, 0) is 42.7 Å². The second kappa shape index (κ2) is 6.45. The molecule has 0 spiro atoms. The number of hydrogen-bond donors (Lipinski definition) is 1. The summed E-state index contributed by atoms with van der Waals surface area (Å²) >= 11 is 0. The number of nitrogens with one attached hydrogen (secondary N) is 1. The Hall–Kier alpha value is -0.930. The molecule has 0 bridgehead atoms. The maximum atomic E-state index is 14.1. The molecule has 2 nitrogen and oxygen atoms in total. The molecule has 0 aromatic heterocycles. The third-order valence-electron chi connectivity index (χ3n) is 4.62. The molecule has 0 radical (unpaired) electrons. The number of rotatable bonds is 5. The van der Waals surface area contributed by atoms with Gasteiger partial charge < -0.3 is 5.32 Å². The first-order valence-corrected chi connectivity index (χ1v) is 8.33. The van der Waals surface area contributed by atoms with Gasteiger partial charge in [0.25, 0.3) is 0 Å². The monoisotopic (exact) mass is 290 g/mol. The summed E-state index contributed by atoms with van der Waals surface area (Å²) in [5.74, 6) is 1.38. The first-order chi connectivity index (χ1) is 10.1. The molecule has 2 unspecified atom stereocenters. The number of halogens is 1. The van der Waals surface area contributed by atoms with Gasteiger partial charge in [-0.25, -0.2) is 4.39 Å². The predicted molar refractivity (Wildman–Crippen MR) is 84.5 cm³/mol. The van der Waals surface area contributed by atoms with E-state index in [-0.39, 0.29) is 5.82 Å². The molecule has 2 atom stereocenters. The van der Waals surface area contributed by atoms with Gasteiger partial charge in [-0.1, -0.05) is 26.0 Å². The molecule has 21 heavy (non-hydrogen) atoms. The Balaban J connectivity index is 1.63. The molecule has 116 valence electrons. The van der Waals surface area contributed by atoms with Gasteiger partial charge in [-0.2, -0.15) is 0 Å². The lowest BCUT2D eigenvalue weighted by molar-refractivity contribution is 0.133. The molecular weight excluding hydrogens is 263 g/mol. The Bertz CT molecular complexity index is 474. The highest BCUT2D eigenvalue weighted by Crippen LogP contribution is 2.24. The highest BCUT2D eigenvalue weighted by molar-refractivity contribution is 5.25. The van der Waals surface area contributed by atoms with E-state index >= 15 is 0 Å². The smallest absolute Gasteiger partial charge is 0.127 e. The zero-order chi connectivity index (χ0) is 14.8. The van der Waals surface area contributed by atoms with E-state index in [1.54, 1.807) is 6.07 Å². The normalized spacial score (nSPS) is 27.0. The van der Waals surface area contributed by atoms with Crippen molar-refractivity contribution in [3.05, 3.63) is 35.1 Å². The van der Waals surface area contributed by atoms with Crippen LogP contribution in [0.3, 0.4) is 0 Å². The van der Waals surface area contributed by atoms with Crippen molar-refractivity contribution in [1.82, 2.24) is 10.2 Å². The van der Waals surface area contributed by atoms with Crippen LogP contribution >= 0.6 is 0 Å². The molecule has 1 aliphatic heterocycles. The molecule has 1 saturated carbocycles. The summed E-state index contributed by atoms with van der Waals surface area (Å²) in [5, 5.41) is 3.50. The van der Waals surface area contributed by atoms with Gasteiger partial charge >= 0.3 is 0 Å². The van der Waals surface area contributed by atoms with E-state index in [4.69, 9.17) is 0 Å². The van der Waals surface area contributed by atoms with Gasteiger partial charge in [0.15, 0.2) is 0 Å². The standard InChI is InChI=1S/C18H27FN2/c1-13-7-14(2)11-21(10-13)12-16-8-15(3-6-18(16)19)9-20-17-4-5-17/h3,6,8,13-14,17,20H,4-5,7,9-12H2,1-2H3. The molecule has 1 saturated heterocycles. The molecule has 1 aromatic carbocycles. The molecule has 1 aromatic rings. The van der Waals surface area contributed by atoms with E-state index in [0.717, 1.165) is 43.6 Å². The van der Waals surface area contributed by atoms with Gasteiger partial charge in [-0.15, -0.1) is 0 Å². The minimum Gasteiger partial charge on any atom is -0.310 e. The van der Waals surface area contributed by atoms with Crippen LogP contribution in [0.2, 0.25) is 0 Å². The molecule has 1 aliphatic carbocycles. The highest BCUT2D eigenvalue weighted by atomic mass is 19.1. The van der Waals surface area contributed by atoms with Gasteiger partial charge in [-0.3, -0.25) is 4.90 Å². The predicted octanol–water partition coefficient (Wildman–Crippen LogP) is 3.56. The van der Waals surface area contributed by atoms with Crippen LogP contribution in [0.4, 0.5) is 4.39 Å². The van der Waals surface area contributed by atoms with E-state index < -0.39 is 0 Å². The lowest BCUT2D eigenvalue weighted by Gasteiger charge is -2.35. The van der Waals surface area contributed by atoms with Crippen molar-refractivity contribution in [3.8, 4) is 0 Å². The zero-order valence-corrected chi connectivity index (χ0v) is 13.2. The van der Waals surface area contributed by atoms with Crippen LogP contribution < -0.4 is 5.32 Å². The summed E-state index contributed by atoms with van der Waals surface area (Å²) in [7, 11) is 0. The van der Waals surface area contributed by atoms with Crippen LogP contribution in [0.15, 0.2) is 18.2 Å². The third-order valence-corrected chi connectivity index (χ3v) is 4.62. The van der Waals surface area contributed by atoms with Gasteiger partial charge in [0.2, 0.25) is 0 Å². The van der Waals surface area contributed by atoms with Crippen LogP contribution in [-0.2, 0) is 13.1 Å². The maximum Gasteiger partial charge on any atom is 0.127 e. The quantitative estimate of drug-likeness (QED) is 0.892. The van der Waals surface area contributed by atoms with Crippen LogP contribution in [0, 0.1) is 17.7 Å². The number of nitrogens with zero attached hydrogens (tertiary/aromatic N) is 1. The minimum absolute atomic E-state index is 0.0592. The van der Waals surface area contributed by atoms with Crippen LogP contribution in [-0.4, -0.2) is 24.0 Å². The van der Waals surface area contributed by atoms with Crippen molar-refractivity contribution in [2.75, 3.05) is 13.1 Å². The van der Waals surface area contributed by atoms with Crippen LogP contribution in [0.1, 0.15) is 44.2 Å². The van der Waals surface area contributed by atoms with E-state index in [1.807, 2.05) is 6.07 Å². The fourth-order valence-electron chi connectivity index (χ4n) is 3.57. The van der Waals surface area contributed by atoms with Gasteiger partial charge in [0.1, 0.15) is 5.82 Å². The number of hydrogen-bond acceptors (Lipinski definition) is 2. The summed E-state index contributed by atoms with van der Waals surface area (Å²) in [6.45, 7) is 8.40. The van der Waals surface area contributed by atoms with Gasteiger partial charge in [0, 0.05) is 37.8 Å². The van der Waals surface area contributed by atoms with Crippen molar-refractivity contribution < 1.29 is 4.39 Å². The van der Waals surface area contributed by atoms with Crippen LogP contribution in [0.5, 0.6) is 0 Å². The second-order valence-electron chi connectivity index (χ2n) is 7.22. The SMILES string of the molecule is CC1CC(C)CN(Cc2cc(CNC3CC3)ccc2F)C1. The Labute approximate surface area is 127 Å². The van der Waals surface area contributed by atoms with E-state index in [1.165, 1.54) is 24.8 Å². The fourth-order valence-corrected chi connectivity index (χ4v) is 3.57. The number of piperidine rings is 1. The number of benzene rings is 1. The first kappa shape index (κ1) is 15.0. The van der Waals surface area contributed by atoms with Crippen molar-refractivity contribution in [2.45, 2.75) is 52.2 Å². The maximum absolute atomic E-state index is 14.1. The number of likely N-dealkylation sites (tertiary alicyclic amines) is 1. The van der Waals surface area contributed by atoms with Crippen molar-refractivity contribution in [1.29, 1.82) is 0 Å². The minimum atomic E-state index is -0.0592. The average molecular weight is 290 g/mol. The molecule has 3 rings (SSSR count). The average Bonchev–Trinajstić information content (AvgIpc) is 3.22. The molecule has 2 fully saturated rings. The zero-order valence-electron chi connectivity index (χ0n) is 13.2. The van der Waals surface area contributed by atoms with Crippen molar-refractivity contribution >= 4 is 0 Å². The Morgan fingerprint density at radius 3 is 2.57 bits per heavy atom.